The van der Waals surface area contributed by atoms with Crippen LogP contribution in [0.4, 0.5) is 10.1 Å². The van der Waals surface area contributed by atoms with Gasteiger partial charge >= 0.3 is 0 Å². The number of halogens is 1. The molecule has 1 aromatic carbocycles. The first-order valence-electron chi connectivity index (χ1n) is 5.95. The summed E-state index contributed by atoms with van der Waals surface area (Å²) in [5, 5.41) is 0. The second-order valence-corrected chi connectivity index (χ2v) is 5.12. The number of aryl methyl sites for hydroxylation is 1. The quantitative estimate of drug-likeness (QED) is 0.680. The molecule has 16 heavy (non-hydrogen) atoms. The van der Waals surface area contributed by atoms with Gasteiger partial charge in [-0.2, -0.15) is 0 Å². The number of benzene rings is 1. The van der Waals surface area contributed by atoms with Crippen molar-refractivity contribution in [2.24, 2.45) is 0 Å². The predicted molar refractivity (Wildman–Crippen MR) is 62.8 cm³/mol. The number of hydrogen-bond acceptors (Lipinski definition) is 2. The third-order valence-corrected chi connectivity index (χ3v) is 3.89. The van der Waals surface area contributed by atoms with Crippen molar-refractivity contribution in [2.45, 2.75) is 31.7 Å². The van der Waals surface area contributed by atoms with E-state index in [4.69, 9.17) is 5.73 Å². The molecule has 3 heteroatoms. The van der Waals surface area contributed by atoms with Crippen LogP contribution < -0.4 is 5.73 Å². The van der Waals surface area contributed by atoms with Gasteiger partial charge in [-0.05, 0) is 49.4 Å². The average Bonchev–Trinajstić information content (AvgIpc) is 2.25. The van der Waals surface area contributed by atoms with Crippen LogP contribution in [-0.2, 0) is 13.0 Å². The van der Waals surface area contributed by atoms with Crippen molar-refractivity contribution < 1.29 is 4.39 Å². The van der Waals surface area contributed by atoms with Gasteiger partial charge in [0.15, 0.2) is 5.82 Å². The number of anilines is 1. The monoisotopic (exact) mass is 220 g/mol. The smallest absolute Gasteiger partial charge is 0.150 e. The first-order chi connectivity index (χ1) is 7.66. The Labute approximate surface area is 95.2 Å². The van der Waals surface area contributed by atoms with Gasteiger partial charge in [-0.15, -0.1) is 0 Å². The lowest BCUT2D eigenvalue weighted by molar-refractivity contribution is 0.261. The van der Waals surface area contributed by atoms with Crippen LogP contribution in [0.2, 0.25) is 0 Å². The van der Waals surface area contributed by atoms with Gasteiger partial charge in [0.2, 0.25) is 0 Å². The lowest BCUT2D eigenvalue weighted by Crippen LogP contribution is -2.34. The van der Waals surface area contributed by atoms with E-state index in [0.29, 0.717) is 18.2 Å². The van der Waals surface area contributed by atoms with Crippen LogP contribution in [0.15, 0.2) is 6.07 Å². The minimum atomic E-state index is -0.183. The Kier molecular flexibility index (Phi) is 2.18. The Bertz CT molecular complexity index is 442. The molecule has 2 N–H and O–H groups in total. The standard InChI is InChI=1S/C13H17FN2/c1-16-6-9-4-2-3-8-5-11(15)13(14)10(7-16)12(8)9/h5,9H,2-4,6-7,15H2,1H3. The van der Waals surface area contributed by atoms with Crippen LogP contribution in [0.1, 0.15) is 35.4 Å². The van der Waals surface area contributed by atoms with Crippen molar-refractivity contribution in [3.63, 3.8) is 0 Å². The van der Waals surface area contributed by atoms with Crippen molar-refractivity contribution in [1.82, 2.24) is 4.90 Å². The normalized spacial score (nSPS) is 24.2. The lowest BCUT2D eigenvalue weighted by Gasteiger charge is -2.37. The number of hydrogen-bond donors (Lipinski definition) is 1. The highest BCUT2D eigenvalue weighted by Gasteiger charge is 2.31. The largest absolute Gasteiger partial charge is 0.396 e. The molecule has 86 valence electrons. The zero-order valence-electron chi connectivity index (χ0n) is 9.59. The molecule has 0 amide bonds. The zero-order valence-corrected chi connectivity index (χ0v) is 9.59. The van der Waals surface area contributed by atoms with Crippen molar-refractivity contribution in [2.75, 3.05) is 19.3 Å². The van der Waals surface area contributed by atoms with Crippen LogP contribution in [0.25, 0.3) is 0 Å². The molecule has 1 atom stereocenters. The molecule has 1 aromatic rings. The fourth-order valence-corrected chi connectivity index (χ4v) is 3.26. The van der Waals surface area contributed by atoms with Crippen molar-refractivity contribution in [3.05, 3.63) is 28.6 Å². The molecule has 1 heterocycles. The van der Waals surface area contributed by atoms with E-state index in [1.165, 1.54) is 24.0 Å². The summed E-state index contributed by atoms with van der Waals surface area (Å²) in [6.07, 6.45) is 3.46. The van der Waals surface area contributed by atoms with E-state index in [0.717, 1.165) is 18.5 Å². The Morgan fingerprint density at radius 1 is 1.50 bits per heavy atom. The molecule has 0 saturated carbocycles. The molecule has 1 aliphatic heterocycles. The Morgan fingerprint density at radius 2 is 2.31 bits per heavy atom. The summed E-state index contributed by atoms with van der Waals surface area (Å²) >= 11 is 0. The second kappa shape index (κ2) is 3.45. The van der Waals surface area contributed by atoms with E-state index in [-0.39, 0.29) is 5.82 Å². The number of nitrogens with two attached hydrogens (primary N) is 1. The molecule has 0 aromatic heterocycles. The lowest BCUT2D eigenvalue weighted by atomic mass is 9.77. The molecule has 0 bridgehead atoms. The first-order valence-corrected chi connectivity index (χ1v) is 5.95. The van der Waals surface area contributed by atoms with Gasteiger partial charge < -0.3 is 10.6 Å². The number of nitrogen functional groups attached to an aromatic ring is 1. The molecule has 0 saturated heterocycles. The van der Waals surface area contributed by atoms with Gasteiger partial charge in [0, 0.05) is 18.7 Å². The highest BCUT2D eigenvalue weighted by atomic mass is 19.1. The Morgan fingerprint density at radius 3 is 3.12 bits per heavy atom. The first kappa shape index (κ1) is 10.1. The van der Waals surface area contributed by atoms with Crippen molar-refractivity contribution in [3.8, 4) is 0 Å². The predicted octanol–water partition coefficient (Wildman–Crippen LogP) is 2.27. The Balaban J connectivity index is 2.23. The molecule has 2 aliphatic rings. The fraction of sp³-hybridized carbons (Fsp3) is 0.538. The van der Waals surface area contributed by atoms with Gasteiger partial charge in [0.25, 0.3) is 0 Å². The second-order valence-electron chi connectivity index (χ2n) is 5.12. The summed E-state index contributed by atoms with van der Waals surface area (Å²) < 4.78 is 14.0. The summed E-state index contributed by atoms with van der Waals surface area (Å²) in [6, 6.07) is 1.85. The van der Waals surface area contributed by atoms with Crippen LogP contribution in [-0.4, -0.2) is 18.5 Å². The van der Waals surface area contributed by atoms with Crippen LogP contribution >= 0.6 is 0 Å². The molecule has 0 spiro atoms. The van der Waals surface area contributed by atoms with Crippen LogP contribution in [0.5, 0.6) is 0 Å². The molecule has 1 aliphatic carbocycles. The minimum absolute atomic E-state index is 0.183. The van der Waals surface area contributed by atoms with Gasteiger partial charge in [-0.3, -0.25) is 0 Å². The van der Waals surface area contributed by atoms with Gasteiger partial charge in [0.1, 0.15) is 0 Å². The maximum Gasteiger partial charge on any atom is 0.150 e. The molecular formula is C13H17FN2. The van der Waals surface area contributed by atoms with E-state index in [2.05, 4.69) is 11.9 Å². The average molecular weight is 220 g/mol. The fourth-order valence-electron chi connectivity index (χ4n) is 3.26. The maximum atomic E-state index is 14.0. The van der Waals surface area contributed by atoms with Crippen molar-refractivity contribution >= 4 is 5.69 Å². The topological polar surface area (TPSA) is 29.3 Å². The molecule has 3 rings (SSSR count). The summed E-state index contributed by atoms with van der Waals surface area (Å²) in [5.74, 6) is 0.338. The van der Waals surface area contributed by atoms with Gasteiger partial charge in [-0.1, -0.05) is 0 Å². The van der Waals surface area contributed by atoms with Gasteiger partial charge in [0.05, 0.1) is 5.69 Å². The number of nitrogens with zero attached hydrogens (tertiary/aromatic N) is 1. The molecule has 1 unspecified atom stereocenters. The summed E-state index contributed by atoms with van der Waals surface area (Å²) in [7, 11) is 2.06. The molecule has 2 nitrogen and oxygen atoms in total. The molecule has 0 fully saturated rings. The molecule has 0 radical (unpaired) electrons. The van der Waals surface area contributed by atoms with E-state index >= 15 is 0 Å². The van der Waals surface area contributed by atoms with Crippen LogP contribution in [0.3, 0.4) is 0 Å². The SMILES string of the molecule is CN1Cc2c(F)c(N)cc3c2C(CCC3)C1. The number of rotatable bonds is 0. The summed E-state index contributed by atoms with van der Waals surface area (Å²) in [6.45, 7) is 1.76. The molecular weight excluding hydrogens is 203 g/mol. The summed E-state index contributed by atoms with van der Waals surface area (Å²) in [5.41, 5.74) is 9.48. The van der Waals surface area contributed by atoms with E-state index in [1.807, 2.05) is 6.07 Å². The van der Waals surface area contributed by atoms with Gasteiger partial charge in [-0.25, -0.2) is 4.39 Å². The van der Waals surface area contributed by atoms with Crippen molar-refractivity contribution in [1.29, 1.82) is 0 Å². The highest BCUT2D eigenvalue weighted by Crippen LogP contribution is 2.40. The number of likely N-dealkylation sites (N-methyl/N-ethyl adjacent to an activating group) is 1. The third-order valence-electron chi connectivity index (χ3n) is 3.89. The van der Waals surface area contributed by atoms with E-state index < -0.39 is 0 Å². The maximum absolute atomic E-state index is 14.0. The van der Waals surface area contributed by atoms with Crippen LogP contribution in [0, 0.1) is 5.82 Å². The van der Waals surface area contributed by atoms with E-state index in [9.17, 15) is 4.39 Å². The third kappa shape index (κ3) is 1.34. The minimum Gasteiger partial charge on any atom is -0.396 e. The highest BCUT2D eigenvalue weighted by molar-refractivity contribution is 5.54. The zero-order chi connectivity index (χ0) is 11.3. The Hall–Kier alpha value is -1.09. The summed E-state index contributed by atoms with van der Waals surface area (Å²) in [4.78, 5) is 2.20. The van der Waals surface area contributed by atoms with E-state index in [1.54, 1.807) is 0 Å².